The highest BCUT2D eigenvalue weighted by atomic mass is 16.4. The second-order valence-corrected chi connectivity index (χ2v) is 3.61. The fourth-order valence-electron chi connectivity index (χ4n) is 1.32. The first-order chi connectivity index (χ1) is 8.08. The lowest BCUT2D eigenvalue weighted by Crippen LogP contribution is -2.41. The summed E-state index contributed by atoms with van der Waals surface area (Å²) in [5, 5.41) is 17.6. The van der Waals surface area contributed by atoms with Crippen molar-refractivity contribution >= 4 is 11.9 Å². The molecule has 0 bridgehead atoms. The Balaban J connectivity index is 2.66. The molecule has 1 amide bonds. The summed E-state index contributed by atoms with van der Waals surface area (Å²) in [6.45, 7) is 3.73. The number of H-pyrrole nitrogens is 1. The molecule has 1 aromatic rings. The summed E-state index contributed by atoms with van der Waals surface area (Å²) < 4.78 is 0. The van der Waals surface area contributed by atoms with E-state index in [0.29, 0.717) is 25.1 Å². The van der Waals surface area contributed by atoms with Crippen molar-refractivity contribution in [2.75, 3.05) is 0 Å². The molecule has 0 saturated heterocycles. The van der Waals surface area contributed by atoms with E-state index in [1.165, 1.54) is 0 Å². The van der Waals surface area contributed by atoms with Crippen molar-refractivity contribution in [2.24, 2.45) is 0 Å². The van der Waals surface area contributed by atoms with Crippen LogP contribution in [0, 0.1) is 0 Å². The molecule has 7 heteroatoms. The van der Waals surface area contributed by atoms with Gasteiger partial charge in [0.25, 0.3) is 5.91 Å². The lowest BCUT2D eigenvalue weighted by atomic mass is 10.1. The minimum atomic E-state index is -1.05. The average Bonchev–Trinajstić information content (AvgIpc) is 2.76. The lowest BCUT2D eigenvalue weighted by Gasteiger charge is -2.11. The van der Waals surface area contributed by atoms with Crippen molar-refractivity contribution in [3.8, 4) is 0 Å². The fourth-order valence-corrected chi connectivity index (χ4v) is 1.32. The number of hydrogen-bond acceptors (Lipinski definition) is 4. The average molecular weight is 240 g/mol. The van der Waals surface area contributed by atoms with Gasteiger partial charge in [-0.1, -0.05) is 20.3 Å². The Morgan fingerprint density at radius 1 is 1.47 bits per heavy atom. The molecule has 1 atom stereocenters. The Morgan fingerprint density at radius 2 is 2.18 bits per heavy atom. The summed E-state index contributed by atoms with van der Waals surface area (Å²) in [6, 6.07) is -0.893. The summed E-state index contributed by atoms with van der Waals surface area (Å²) >= 11 is 0. The van der Waals surface area contributed by atoms with Crippen molar-refractivity contribution in [3.05, 3.63) is 11.6 Å². The molecular weight excluding hydrogens is 224 g/mol. The zero-order valence-electron chi connectivity index (χ0n) is 9.86. The highest BCUT2D eigenvalue weighted by Gasteiger charge is 2.21. The largest absolute Gasteiger partial charge is 0.480 e. The summed E-state index contributed by atoms with van der Waals surface area (Å²) in [5.41, 5.74) is 0. The van der Waals surface area contributed by atoms with Crippen molar-refractivity contribution in [1.82, 2.24) is 20.5 Å². The van der Waals surface area contributed by atoms with Gasteiger partial charge in [-0.15, -0.1) is 5.10 Å². The molecule has 0 aromatic carbocycles. The van der Waals surface area contributed by atoms with Gasteiger partial charge < -0.3 is 10.4 Å². The van der Waals surface area contributed by atoms with E-state index in [2.05, 4.69) is 20.5 Å². The van der Waals surface area contributed by atoms with Crippen LogP contribution in [0.3, 0.4) is 0 Å². The first-order valence-corrected chi connectivity index (χ1v) is 5.53. The molecule has 1 aromatic heterocycles. The molecule has 0 radical (unpaired) electrons. The van der Waals surface area contributed by atoms with E-state index in [-0.39, 0.29) is 5.82 Å². The quantitative estimate of drug-likeness (QED) is 0.665. The van der Waals surface area contributed by atoms with Crippen molar-refractivity contribution in [2.45, 2.75) is 39.2 Å². The maximum atomic E-state index is 11.6. The van der Waals surface area contributed by atoms with Crippen LogP contribution in [-0.4, -0.2) is 38.2 Å². The van der Waals surface area contributed by atoms with Crippen LogP contribution in [0.5, 0.6) is 0 Å². The highest BCUT2D eigenvalue weighted by molar-refractivity contribution is 5.93. The zero-order chi connectivity index (χ0) is 12.8. The van der Waals surface area contributed by atoms with Crippen LogP contribution in [0.25, 0.3) is 0 Å². The molecule has 7 nitrogen and oxygen atoms in total. The number of nitrogens with zero attached hydrogens (tertiary/aromatic N) is 2. The monoisotopic (exact) mass is 240 g/mol. The minimum absolute atomic E-state index is 0.0239. The fraction of sp³-hybridized carbons (Fsp3) is 0.600. The van der Waals surface area contributed by atoms with E-state index in [4.69, 9.17) is 5.11 Å². The number of carboxylic acids is 1. The number of hydrogen-bond donors (Lipinski definition) is 3. The van der Waals surface area contributed by atoms with E-state index in [9.17, 15) is 9.59 Å². The summed E-state index contributed by atoms with van der Waals surface area (Å²) in [6.07, 6.45) is 1.69. The SMILES string of the molecule is CCC[C@@H](NC(=O)c1n[nH]c(CC)n1)C(=O)O. The minimum Gasteiger partial charge on any atom is -0.480 e. The van der Waals surface area contributed by atoms with E-state index >= 15 is 0 Å². The highest BCUT2D eigenvalue weighted by Crippen LogP contribution is 1.99. The number of aromatic amines is 1. The first kappa shape index (κ1) is 13.1. The van der Waals surface area contributed by atoms with Gasteiger partial charge in [0, 0.05) is 6.42 Å². The number of amides is 1. The molecule has 94 valence electrons. The van der Waals surface area contributed by atoms with E-state index < -0.39 is 17.9 Å². The van der Waals surface area contributed by atoms with Gasteiger partial charge in [-0.05, 0) is 6.42 Å². The summed E-state index contributed by atoms with van der Waals surface area (Å²) in [5.74, 6) is -1.05. The number of carbonyl (C=O) groups is 2. The molecule has 0 fully saturated rings. The molecule has 0 unspecified atom stereocenters. The predicted molar refractivity (Wildman–Crippen MR) is 59.6 cm³/mol. The van der Waals surface area contributed by atoms with Crippen LogP contribution < -0.4 is 5.32 Å². The Labute approximate surface area is 98.6 Å². The van der Waals surface area contributed by atoms with Crippen molar-refractivity contribution in [1.29, 1.82) is 0 Å². The Bertz CT molecular complexity index is 402. The van der Waals surface area contributed by atoms with Crippen molar-refractivity contribution in [3.63, 3.8) is 0 Å². The number of aliphatic carboxylic acids is 1. The third kappa shape index (κ3) is 3.54. The second-order valence-electron chi connectivity index (χ2n) is 3.61. The van der Waals surface area contributed by atoms with Gasteiger partial charge in [0.2, 0.25) is 5.82 Å². The normalized spacial score (nSPS) is 12.1. The van der Waals surface area contributed by atoms with Crippen LogP contribution in [0.2, 0.25) is 0 Å². The lowest BCUT2D eigenvalue weighted by molar-refractivity contribution is -0.139. The molecular formula is C10H16N4O3. The van der Waals surface area contributed by atoms with Crippen LogP contribution in [-0.2, 0) is 11.2 Å². The van der Waals surface area contributed by atoms with Crippen molar-refractivity contribution < 1.29 is 14.7 Å². The topological polar surface area (TPSA) is 108 Å². The van der Waals surface area contributed by atoms with Gasteiger partial charge >= 0.3 is 5.97 Å². The Hall–Kier alpha value is -1.92. The number of aromatic nitrogens is 3. The number of carbonyl (C=O) groups excluding carboxylic acids is 1. The first-order valence-electron chi connectivity index (χ1n) is 5.53. The number of rotatable bonds is 6. The van der Waals surface area contributed by atoms with Crippen LogP contribution in [0.15, 0.2) is 0 Å². The molecule has 0 aliphatic rings. The predicted octanol–water partition coefficient (Wildman–Crippen LogP) is 0.350. The molecule has 1 rings (SSSR count). The summed E-state index contributed by atoms with van der Waals surface area (Å²) in [7, 11) is 0. The Morgan fingerprint density at radius 3 is 2.65 bits per heavy atom. The number of aryl methyl sites for hydroxylation is 1. The van der Waals surface area contributed by atoms with Crippen LogP contribution in [0.4, 0.5) is 0 Å². The molecule has 0 aliphatic carbocycles. The Kier molecular flexibility index (Phi) is 4.62. The molecule has 17 heavy (non-hydrogen) atoms. The number of nitrogens with one attached hydrogen (secondary N) is 2. The molecule has 0 saturated carbocycles. The second kappa shape index (κ2) is 5.97. The van der Waals surface area contributed by atoms with Gasteiger partial charge in [0.05, 0.1) is 0 Å². The van der Waals surface area contributed by atoms with E-state index in [1.54, 1.807) is 0 Å². The van der Waals surface area contributed by atoms with Crippen LogP contribution >= 0.6 is 0 Å². The van der Waals surface area contributed by atoms with Crippen LogP contribution in [0.1, 0.15) is 43.1 Å². The van der Waals surface area contributed by atoms with E-state index in [1.807, 2.05) is 13.8 Å². The third-order valence-electron chi connectivity index (χ3n) is 2.25. The van der Waals surface area contributed by atoms with E-state index in [0.717, 1.165) is 0 Å². The standard InChI is InChI=1S/C10H16N4O3/c1-3-5-6(10(16)17)11-9(15)8-12-7(4-2)13-14-8/h6H,3-5H2,1-2H3,(H,11,15)(H,16,17)(H,12,13,14)/t6-/m1/s1. The van der Waals surface area contributed by atoms with Gasteiger partial charge in [0.1, 0.15) is 11.9 Å². The smallest absolute Gasteiger partial charge is 0.326 e. The van der Waals surface area contributed by atoms with Gasteiger partial charge in [-0.3, -0.25) is 9.89 Å². The zero-order valence-corrected chi connectivity index (χ0v) is 9.86. The maximum Gasteiger partial charge on any atom is 0.326 e. The third-order valence-corrected chi connectivity index (χ3v) is 2.25. The number of carboxylic acid groups (broad SMARTS) is 1. The molecule has 0 spiro atoms. The van der Waals surface area contributed by atoms with Gasteiger partial charge in [-0.2, -0.15) is 0 Å². The van der Waals surface area contributed by atoms with Gasteiger partial charge in [-0.25, -0.2) is 9.78 Å². The summed E-state index contributed by atoms with van der Waals surface area (Å²) in [4.78, 5) is 26.4. The molecule has 3 N–H and O–H groups in total. The molecule has 1 heterocycles. The van der Waals surface area contributed by atoms with Gasteiger partial charge in [0.15, 0.2) is 0 Å². The maximum absolute atomic E-state index is 11.6. The molecule has 0 aliphatic heterocycles.